The lowest BCUT2D eigenvalue weighted by Crippen LogP contribution is -2.33. The number of fused-ring (bicyclic) bond motifs is 1. The number of carbonyl (C=O) groups excluding carboxylic acids is 2. The number of anilines is 2. The number of hydrogen-bond donors (Lipinski definition) is 3. The largest absolute Gasteiger partial charge is 0.444 e. The second kappa shape index (κ2) is 9.93. The summed E-state index contributed by atoms with van der Waals surface area (Å²) in [6, 6.07) is 7.23. The molecule has 0 spiro atoms. The first-order chi connectivity index (χ1) is 15.6. The molecular formula is C23H33N7O3. The van der Waals surface area contributed by atoms with Gasteiger partial charge in [0.15, 0.2) is 0 Å². The van der Waals surface area contributed by atoms with Crippen molar-refractivity contribution in [3.05, 3.63) is 35.5 Å². The summed E-state index contributed by atoms with van der Waals surface area (Å²) < 4.78 is 9.21. The SMILES string of the molecule is CCn1nc(C)cc1Nc1nc2cc(C(N)=O)ccc2n1CCCCNC(=O)OC(C)(C)C. The monoisotopic (exact) mass is 455 g/mol. The molecule has 2 heterocycles. The smallest absolute Gasteiger partial charge is 0.407 e. The Morgan fingerprint density at radius 2 is 1.94 bits per heavy atom. The molecule has 0 aliphatic carbocycles. The van der Waals surface area contributed by atoms with E-state index in [0.29, 0.717) is 30.1 Å². The molecule has 0 saturated heterocycles. The molecule has 0 aliphatic heterocycles. The maximum Gasteiger partial charge on any atom is 0.407 e. The lowest BCUT2D eigenvalue weighted by molar-refractivity contribution is 0.0526. The Labute approximate surface area is 193 Å². The highest BCUT2D eigenvalue weighted by atomic mass is 16.6. The van der Waals surface area contributed by atoms with Gasteiger partial charge in [-0.25, -0.2) is 14.5 Å². The fraction of sp³-hybridized carbons (Fsp3) is 0.478. The van der Waals surface area contributed by atoms with E-state index in [1.165, 1.54) is 0 Å². The Hall–Kier alpha value is -3.56. The number of nitrogens with two attached hydrogens (primary N) is 1. The van der Waals surface area contributed by atoms with Crippen LogP contribution in [0.5, 0.6) is 0 Å². The van der Waals surface area contributed by atoms with Crippen LogP contribution in [0.15, 0.2) is 24.3 Å². The summed E-state index contributed by atoms with van der Waals surface area (Å²) in [6.45, 7) is 11.4. The van der Waals surface area contributed by atoms with E-state index in [4.69, 9.17) is 15.5 Å². The van der Waals surface area contributed by atoms with Gasteiger partial charge in [-0.2, -0.15) is 5.10 Å². The molecule has 2 amide bonds. The number of aryl methyl sites for hydroxylation is 3. The van der Waals surface area contributed by atoms with Gasteiger partial charge in [0.25, 0.3) is 0 Å². The average Bonchev–Trinajstić information content (AvgIpc) is 3.25. The van der Waals surface area contributed by atoms with Crippen molar-refractivity contribution in [2.24, 2.45) is 5.73 Å². The third-order valence-electron chi connectivity index (χ3n) is 4.95. The maximum absolute atomic E-state index is 11.8. The number of hydrogen-bond acceptors (Lipinski definition) is 6. The van der Waals surface area contributed by atoms with E-state index < -0.39 is 17.6 Å². The summed E-state index contributed by atoms with van der Waals surface area (Å²) in [4.78, 5) is 28.2. The van der Waals surface area contributed by atoms with Crippen LogP contribution >= 0.6 is 0 Å². The number of aromatic nitrogens is 4. The molecule has 10 heteroatoms. The number of benzene rings is 1. The predicted molar refractivity (Wildman–Crippen MR) is 128 cm³/mol. The minimum Gasteiger partial charge on any atom is -0.444 e. The quantitative estimate of drug-likeness (QED) is 0.422. The average molecular weight is 456 g/mol. The fourth-order valence-corrected chi connectivity index (χ4v) is 3.51. The van der Waals surface area contributed by atoms with Crippen molar-refractivity contribution in [3.63, 3.8) is 0 Å². The zero-order valence-corrected chi connectivity index (χ0v) is 19.9. The maximum atomic E-state index is 11.8. The number of unbranched alkanes of at least 4 members (excludes halogenated alkanes) is 1. The second-order valence-electron chi connectivity index (χ2n) is 8.90. The van der Waals surface area contributed by atoms with Gasteiger partial charge in [0.2, 0.25) is 11.9 Å². The van der Waals surface area contributed by atoms with Gasteiger partial charge in [0, 0.05) is 31.3 Å². The van der Waals surface area contributed by atoms with Crippen LogP contribution in [-0.4, -0.2) is 43.5 Å². The summed E-state index contributed by atoms with van der Waals surface area (Å²) in [6.07, 6.45) is 1.16. The molecule has 2 aromatic heterocycles. The van der Waals surface area contributed by atoms with E-state index in [1.54, 1.807) is 12.1 Å². The molecule has 4 N–H and O–H groups in total. The van der Waals surface area contributed by atoms with Crippen LogP contribution in [0, 0.1) is 6.92 Å². The summed E-state index contributed by atoms with van der Waals surface area (Å²) in [5.41, 5.74) is 7.82. The summed E-state index contributed by atoms with van der Waals surface area (Å²) in [5, 5.41) is 10.6. The number of ether oxygens (including phenoxy) is 1. The van der Waals surface area contributed by atoms with Crippen molar-refractivity contribution in [1.29, 1.82) is 0 Å². The number of amides is 2. The Kier molecular flexibility index (Phi) is 7.25. The third kappa shape index (κ3) is 6.24. The summed E-state index contributed by atoms with van der Waals surface area (Å²) in [7, 11) is 0. The van der Waals surface area contributed by atoms with Gasteiger partial charge in [-0.05, 0) is 65.7 Å². The number of rotatable bonds is 9. The van der Waals surface area contributed by atoms with E-state index >= 15 is 0 Å². The number of alkyl carbamates (subject to hydrolysis) is 1. The van der Waals surface area contributed by atoms with Gasteiger partial charge in [-0.1, -0.05) is 0 Å². The molecule has 0 radical (unpaired) electrons. The zero-order valence-electron chi connectivity index (χ0n) is 19.9. The van der Waals surface area contributed by atoms with Crippen molar-refractivity contribution in [3.8, 4) is 0 Å². The van der Waals surface area contributed by atoms with Crippen LogP contribution in [0.4, 0.5) is 16.6 Å². The van der Waals surface area contributed by atoms with Crippen LogP contribution in [0.25, 0.3) is 11.0 Å². The van der Waals surface area contributed by atoms with Gasteiger partial charge in [0.05, 0.1) is 16.7 Å². The van der Waals surface area contributed by atoms with Crippen molar-refractivity contribution in [2.45, 2.75) is 66.2 Å². The van der Waals surface area contributed by atoms with E-state index in [0.717, 1.165) is 36.4 Å². The molecule has 0 saturated carbocycles. The topological polar surface area (TPSA) is 129 Å². The first-order valence-corrected chi connectivity index (χ1v) is 11.2. The number of imidazole rings is 1. The lowest BCUT2D eigenvalue weighted by Gasteiger charge is -2.19. The standard InChI is InChI=1S/C23H33N7O3/c1-6-30-19(13-15(2)28-30)27-21-26-17-14-16(20(24)31)9-10-18(17)29(21)12-8-7-11-25-22(32)33-23(3,4)5/h9-10,13-14H,6-8,11-12H2,1-5H3,(H2,24,31)(H,25,32)(H,26,27). The van der Waals surface area contributed by atoms with Gasteiger partial charge < -0.3 is 25.7 Å². The number of carbonyl (C=O) groups is 2. The van der Waals surface area contributed by atoms with Crippen molar-refractivity contribution in [2.75, 3.05) is 11.9 Å². The molecule has 178 valence electrons. The molecule has 0 unspecified atom stereocenters. The first kappa shape index (κ1) is 24.1. The molecule has 0 atom stereocenters. The number of nitrogens with one attached hydrogen (secondary N) is 2. The van der Waals surface area contributed by atoms with Crippen LogP contribution in [0.1, 0.15) is 56.6 Å². The van der Waals surface area contributed by atoms with Crippen LogP contribution in [0.3, 0.4) is 0 Å². The molecule has 3 rings (SSSR count). The molecule has 33 heavy (non-hydrogen) atoms. The highest BCUT2D eigenvalue weighted by Gasteiger charge is 2.17. The normalized spacial score (nSPS) is 11.5. The molecule has 0 bridgehead atoms. The first-order valence-electron chi connectivity index (χ1n) is 11.2. The molecule has 10 nitrogen and oxygen atoms in total. The fourth-order valence-electron chi connectivity index (χ4n) is 3.51. The molecule has 0 aliphatic rings. The minimum absolute atomic E-state index is 0.412. The van der Waals surface area contributed by atoms with Crippen LogP contribution in [-0.2, 0) is 17.8 Å². The minimum atomic E-state index is -0.520. The predicted octanol–water partition coefficient (Wildman–Crippen LogP) is 3.71. The van der Waals surface area contributed by atoms with Crippen molar-refractivity contribution in [1.82, 2.24) is 24.6 Å². The Balaban J connectivity index is 1.76. The Bertz CT molecular complexity index is 1140. The van der Waals surface area contributed by atoms with E-state index in [2.05, 4.69) is 20.3 Å². The number of primary amides is 1. The Morgan fingerprint density at radius 1 is 1.18 bits per heavy atom. The molecule has 0 fully saturated rings. The second-order valence-corrected chi connectivity index (χ2v) is 8.90. The van der Waals surface area contributed by atoms with E-state index in [9.17, 15) is 9.59 Å². The number of nitrogens with zero attached hydrogens (tertiary/aromatic N) is 4. The van der Waals surface area contributed by atoms with Crippen LogP contribution in [0.2, 0.25) is 0 Å². The molecular weight excluding hydrogens is 422 g/mol. The highest BCUT2D eigenvalue weighted by Crippen LogP contribution is 2.25. The van der Waals surface area contributed by atoms with Crippen LogP contribution < -0.4 is 16.4 Å². The van der Waals surface area contributed by atoms with Gasteiger partial charge in [-0.3, -0.25) is 4.79 Å². The highest BCUT2D eigenvalue weighted by molar-refractivity contribution is 5.96. The third-order valence-corrected chi connectivity index (χ3v) is 4.95. The van der Waals surface area contributed by atoms with Gasteiger partial charge in [0.1, 0.15) is 11.4 Å². The zero-order chi connectivity index (χ0) is 24.2. The lowest BCUT2D eigenvalue weighted by atomic mass is 10.2. The van der Waals surface area contributed by atoms with Gasteiger partial charge >= 0.3 is 6.09 Å². The van der Waals surface area contributed by atoms with E-state index in [-0.39, 0.29) is 0 Å². The molecule has 1 aromatic carbocycles. The summed E-state index contributed by atoms with van der Waals surface area (Å²) >= 11 is 0. The van der Waals surface area contributed by atoms with Crippen molar-refractivity contribution < 1.29 is 14.3 Å². The Morgan fingerprint density at radius 3 is 2.61 bits per heavy atom. The van der Waals surface area contributed by atoms with E-state index in [1.807, 2.05) is 51.4 Å². The molecule has 3 aromatic rings. The summed E-state index contributed by atoms with van der Waals surface area (Å²) in [5.74, 6) is 1.00. The van der Waals surface area contributed by atoms with Gasteiger partial charge in [-0.15, -0.1) is 0 Å². The van der Waals surface area contributed by atoms with Crippen molar-refractivity contribution >= 4 is 34.8 Å².